The second-order valence-electron chi connectivity index (χ2n) is 4.38. The molecule has 0 fully saturated rings. The molecule has 0 spiro atoms. The van der Waals surface area contributed by atoms with E-state index < -0.39 is 0 Å². The molecule has 1 nitrogen and oxygen atoms in total. The van der Waals surface area contributed by atoms with E-state index in [1.165, 1.54) is 6.42 Å². The van der Waals surface area contributed by atoms with Gasteiger partial charge in [-0.25, -0.2) is 0 Å². The summed E-state index contributed by atoms with van der Waals surface area (Å²) in [6.45, 7) is 4.51. The van der Waals surface area contributed by atoms with Crippen LogP contribution in [0.2, 0.25) is 0 Å². The van der Waals surface area contributed by atoms with E-state index in [2.05, 4.69) is 38.2 Å². The van der Waals surface area contributed by atoms with Crippen molar-refractivity contribution in [1.82, 2.24) is 0 Å². The van der Waals surface area contributed by atoms with Crippen molar-refractivity contribution >= 4 is 3.21 Å². The molecule has 3 rings (SSSR count). The van der Waals surface area contributed by atoms with Gasteiger partial charge in [0.15, 0.2) is 0 Å². The van der Waals surface area contributed by atoms with Gasteiger partial charge in [-0.15, -0.1) is 0 Å². The van der Waals surface area contributed by atoms with Gasteiger partial charge in [-0.3, -0.25) is 0 Å². The van der Waals surface area contributed by atoms with Crippen LogP contribution in [0, 0.1) is 5.92 Å². The number of hydrogen-bond acceptors (Lipinski definition) is 1. The van der Waals surface area contributed by atoms with Crippen molar-refractivity contribution in [3.8, 4) is 0 Å². The Kier molecular flexibility index (Phi) is 9.61. The number of halogens is 2. The minimum atomic E-state index is -0.220. The summed E-state index contributed by atoms with van der Waals surface area (Å²) >= 11 is -0.220. The van der Waals surface area contributed by atoms with Crippen LogP contribution in [0.5, 0.6) is 0 Å². The molecule has 3 aliphatic rings. The van der Waals surface area contributed by atoms with Crippen molar-refractivity contribution in [2.45, 2.75) is 20.3 Å². The molecule has 1 heterocycles. The summed E-state index contributed by atoms with van der Waals surface area (Å²) < 4.78 is 8.49. The molecule has 101 valence electrons. The summed E-state index contributed by atoms with van der Waals surface area (Å²) in [6.07, 6.45) is 17.9. The zero-order chi connectivity index (χ0) is 12.1. The molecule has 2 aliphatic carbocycles. The first-order chi connectivity index (χ1) is 8.25. The number of rotatable bonds is 1. The van der Waals surface area contributed by atoms with Gasteiger partial charge in [-0.2, -0.15) is 0 Å². The summed E-state index contributed by atoms with van der Waals surface area (Å²) in [6, 6.07) is 0. The number of hydrogen-bond donors (Lipinski definition) is 0. The Morgan fingerprint density at radius 3 is 2.53 bits per heavy atom. The molecule has 0 aromatic carbocycles. The van der Waals surface area contributed by atoms with E-state index in [9.17, 15) is 0 Å². The van der Waals surface area contributed by atoms with Gasteiger partial charge < -0.3 is 29.6 Å². The van der Waals surface area contributed by atoms with Gasteiger partial charge in [0.2, 0.25) is 0 Å². The number of allylic oxidation sites excluding steroid dienone is 7. The Hall–Kier alpha value is -0.167. The molecule has 0 amide bonds. The number of ether oxygens (including phenoxy) is 1. The van der Waals surface area contributed by atoms with Gasteiger partial charge in [0.1, 0.15) is 5.76 Å². The minimum Gasteiger partial charge on any atom is -1.00 e. The van der Waals surface area contributed by atoms with E-state index in [-0.39, 0.29) is 47.6 Å². The van der Waals surface area contributed by atoms with E-state index in [4.69, 9.17) is 4.74 Å². The van der Waals surface area contributed by atoms with E-state index >= 15 is 0 Å². The fourth-order valence-corrected chi connectivity index (χ4v) is 4.38. The first-order valence-corrected chi connectivity index (χ1v) is 8.36. The monoisotopic (exact) mass is 373 g/mol. The topological polar surface area (TPSA) is 9.23 Å². The molecular formula is C15H17Cl2OZr. The molecule has 1 unspecified atom stereocenters. The zero-order valence-corrected chi connectivity index (χ0v) is 15.0. The maximum absolute atomic E-state index is 5.09. The predicted octanol–water partition coefficient (Wildman–Crippen LogP) is -2.27. The largest absolute Gasteiger partial charge is 1.00 e. The molecule has 0 radical (unpaired) electrons. The average Bonchev–Trinajstić information content (AvgIpc) is 2.91. The first-order valence-electron chi connectivity index (χ1n) is 5.90. The molecule has 19 heavy (non-hydrogen) atoms. The van der Waals surface area contributed by atoms with Crippen LogP contribution in [0.3, 0.4) is 0 Å². The smallest absolute Gasteiger partial charge is 1.00 e. The predicted molar refractivity (Wildman–Crippen MR) is 69.1 cm³/mol. The molecule has 1 atom stereocenters. The molecule has 0 saturated heterocycles. The SMILES string of the molecule is C1=CC2C=COC2=C1.C[C](C)=[Zr+2][C]1=CC=CC1.[Cl-].[Cl-]. The van der Waals surface area contributed by atoms with Crippen LogP contribution in [-0.2, 0) is 27.5 Å². The van der Waals surface area contributed by atoms with Crippen molar-refractivity contribution in [3.05, 3.63) is 57.8 Å². The second kappa shape index (κ2) is 9.69. The third-order valence-corrected chi connectivity index (χ3v) is 5.51. The van der Waals surface area contributed by atoms with Gasteiger partial charge in [-0.1, -0.05) is 12.2 Å². The summed E-state index contributed by atoms with van der Waals surface area (Å²) in [5.41, 5.74) is 0. The Morgan fingerprint density at radius 1 is 1.16 bits per heavy atom. The molecule has 1 aliphatic heterocycles. The fourth-order valence-electron chi connectivity index (χ4n) is 1.82. The van der Waals surface area contributed by atoms with E-state index in [1.807, 2.05) is 18.2 Å². The quantitative estimate of drug-likeness (QED) is 0.503. The molecule has 0 aromatic rings. The van der Waals surface area contributed by atoms with Crippen LogP contribution in [-0.4, -0.2) is 3.21 Å². The van der Waals surface area contributed by atoms with Crippen LogP contribution in [0.1, 0.15) is 20.3 Å². The molecule has 0 N–H and O–H groups in total. The van der Waals surface area contributed by atoms with Gasteiger partial charge in [0.25, 0.3) is 0 Å². The number of fused-ring (bicyclic) bond motifs is 1. The van der Waals surface area contributed by atoms with E-state index in [0.717, 1.165) is 5.76 Å². The van der Waals surface area contributed by atoms with Crippen molar-refractivity contribution in [3.63, 3.8) is 0 Å². The maximum Gasteiger partial charge on any atom is -1.00 e. The van der Waals surface area contributed by atoms with Crippen LogP contribution < -0.4 is 24.8 Å². The fraction of sp³-hybridized carbons (Fsp3) is 0.267. The van der Waals surface area contributed by atoms with Crippen LogP contribution >= 0.6 is 0 Å². The molecule has 0 saturated carbocycles. The summed E-state index contributed by atoms with van der Waals surface area (Å²) in [5.74, 6) is 1.51. The Labute approximate surface area is 139 Å². The standard InChI is InChI=1S/C7H6O.C5H5.C3H6.2ClH.Zr/c1-2-6-4-5-8-7(6)3-1;1-2-4-5-3-1;1-3-2;;;/h1-6H;1-3H,4H2;1-2H3;2*1H;/q;;;;;+2/p-2. The normalized spacial score (nSPS) is 19.8. The summed E-state index contributed by atoms with van der Waals surface area (Å²) in [4.78, 5) is 0. The Morgan fingerprint density at radius 2 is 1.95 bits per heavy atom. The van der Waals surface area contributed by atoms with Crippen LogP contribution in [0.4, 0.5) is 0 Å². The average molecular weight is 375 g/mol. The Balaban J connectivity index is 0.000000309. The van der Waals surface area contributed by atoms with Crippen molar-refractivity contribution in [2.75, 3.05) is 0 Å². The van der Waals surface area contributed by atoms with Crippen LogP contribution in [0.15, 0.2) is 57.8 Å². The van der Waals surface area contributed by atoms with E-state index in [0.29, 0.717) is 5.92 Å². The van der Waals surface area contributed by atoms with Gasteiger partial charge in [0, 0.05) is 0 Å². The van der Waals surface area contributed by atoms with Gasteiger partial charge in [-0.05, 0) is 12.2 Å². The minimum absolute atomic E-state index is 0. The second-order valence-corrected chi connectivity index (χ2v) is 9.03. The molecule has 4 heteroatoms. The zero-order valence-electron chi connectivity index (χ0n) is 11.1. The third-order valence-electron chi connectivity index (χ3n) is 2.58. The maximum atomic E-state index is 5.09. The van der Waals surface area contributed by atoms with Crippen molar-refractivity contribution < 1.29 is 52.3 Å². The van der Waals surface area contributed by atoms with Gasteiger partial charge >= 0.3 is 67.7 Å². The molecule has 0 aromatic heterocycles. The van der Waals surface area contributed by atoms with E-state index in [1.54, 1.807) is 12.7 Å². The van der Waals surface area contributed by atoms with Crippen LogP contribution in [0.25, 0.3) is 0 Å². The van der Waals surface area contributed by atoms with Crippen molar-refractivity contribution in [1.29, 1.82) is 0 Å². The Bertz CT molecular complexity index is 467. The molecular weight excluding hydrogens is 358 g/mol. The molecule has 0 bridgehead atoms. The third kappa shape index (κ3) is 6.21. The van der Waals surface area contributed by atoms with Crippen molar-refractivity contribution in [2.24, 2.45) is 5.92 Å². The first kappa shape index (κ1) is 18.8. The summed E-state index contributed by atoms with van der Waals surface area (Å²) in [7, 11) is 0. The summed E-state index contributed by atoms with van der Waals surface area (Å²) in [5, 5.41) is 0. The van der Waals surface area contributed by atoms with Gasteiger partial charge in [0.05, 0.1) is 12.2 Å².